The Labute approximate surface area is 156 Å². The molecule has 2 aliphatic heterocycles. The molecule has 0 aromatic heterocycles. The van der Waals surface area contributed by atoms with Gasteiger partial charge in [-0.3, -0.25) is 9.59 Å². The van der Waals surface area contributed by atoms with Gasteiger partial charge in [-0.15, -0.1) is 0 Å². The van der Waals surface area contributed by atoms with Gasteiger partial charge in [-0.05, 0) is 36.1 Å². The number of nitrogens with zero attached hydrogens (tertiary/aromatic N) is 2. The third kappa shape index (κ3) is 3.44. The van der Waals surface area contributed by atoms with E-state index >= 15 is 0 Å². The number of benzene rings is 2. The van der Waals surface area contributed by atoms with Gasteiger partial charge < -0.3 is 9.80 Å². The minimum absolute atomic E-state index is 0.0777. The molecule has 0 spiro atoms. The van der Waals surface area contributed by atoms with Gasteiger partial charge in [0.25, 0.3) is 5.91 Å². The molecule has 6 heteroatoms. The van der Waals surface area contributed by atoms with Gasteiger partial charge in [0.1, 0.15) is 17.7 Å². The van der Waals surface area contributed by atoms with Crippen molar-refractivity contribution in [3.63, 3.8) is 0 Å². The number of hydrogen-bond acceptors (Lipinski definition) is 2. The van der Waals surface area contributed by atoms with Crippen LogP contribution in [0.2, 0.25) is 0 Å². The summed E-state index contributed by atoms with van der Waals surface area (Å²) in [6.45, 7) is 1.62. The maximum atomic E-state index is 13.6. The normalized spacial score (nSPS) is 19.1. The van der Waals surface area contributed by atoms with Crippen LogP contribution in [0.25, 0.3) is 0 Å². The van der Waals surface area contributed by atoms with Gasteiger partial charge in [0, 0.05) is 37.7 Å². The molecule has 140 valence electrons. The molecule has 2 aliphatic rings. The van der Waals surface area contributed by atoms with E-state index in [1.54, 1.807) is 4.90 Å². The van der Waals surface area contributed by atoms with Crippen LogP contribution in [0.3, 0.4) is 0 Å². The highest BCUT2D eigenvalue weighted by Crippen LogP contribution is 2.27. The van der Waals surface area contributed by atoms with Crippen molar-refractivity contribution in [2.75, 3.05) is 13.1 Å². The first-order chi connectivity index (χ1) is 13.0. The summed E-state index contributed by atoms with van der Waals surface area (Å²) in [4.78, 5) is 29.4. The van der Waals surface area contributed by atoms with Crippen molar-refractivity contribution in [3.8, 4) is 0 Å². The Balaban J connectivity index is 1.70. The van der Waals surface area contributed by atoms with E-state index < -0.39 is 23.6 Å². The van der Waals surface area contributed by atoms with Crippen LogP contribution < -0.4 is 0 Å². The van der Waals surface area contributed by atoms with E-state index in [-0.39, 0.29) is 18.0 Å². The summed E-state index contributed by atoms with van der Waals surface area (Å²) in [5.41, 5.74) is 1.91. The molecular formula is C21H20F2N2O2. The van der Waals surface area contributed by atoms with Crippen LogP contribution in [0, 0.1) is 11.6 Å². The van der Waals surface area contributed by atoms with Crippen molar-refractivity contribution >= 4 is 11.8 Å². The number of carbonyl (C=O) groups excluding carboxylic acids is 2. The number of rotatable bonds is 2. The van der Waals surface area contributed by atoms with E-state index in [4.69, 9.17) is 0 Å². The standard InChI is InChI=1S/C21H20F2N2O2/c22-17-9-16(10-18(23)12-17)20(26)25-13-15-6-2-1-5-14(15)11-19(25)21(27)24-7-3-4-8-24/h1-2,5-6,9-10,12,19H,3-4,7-8,11,13H2/t19-/m1/s1. The molecule has 2 heterocycles. The zero-order valence-corrected chi connectivity index (χ0v) is 14.8. The van der Waals surface area contributed by atoms with Crippen molar-refractivity contribution in [2.45, 2.75) is 31.8 Å². The van der Waals surface area contributed by atoms with Gasteiger partial charge in [-0.1, -0.05) is 24.3 Å². The molecule has 1 atom stereocenters. The maximum absolute atomic E-state index is 13.6. The highest BCUT2D eigenvalue weighted by atomic mass is 19.1. The first-order valence-electron chi connectivity index (χ1n) is 9.15. The van der Waals surface area contributed by atoms with Gasteiger partial charge in [0.2, 0.25) is 5.91 Å². The van der Waals surface area contributed by atoms with Crippen LogP contribution in [0.15, 0.2) is 42.5 Å². The highest BCUT2D eigenvalue weighted by molar-refractivity contribution is 5.98. The van der Waals surface area contributed by atoms with Gasteiger partial charge in [-0.2, -0.15) is 0 Å². The second kappa shape index (κ2) is 7.10. The van der Waals surface area contributed by atoms with Crippen LogP contribution in [0.4, 0.5) is 8.78 Å². The van der Waals surface area contributed by atoms with Gasteiger partial charge in [-0.25, -0.2) is 8.78 Å². The zero-order chi connectivity index (χ0) is 19.0. The van der Waals surface area contributed by atoms with E-state index in [0.717, 1.165) is 42.2 Å². The monoisotopic (exact) mass is 370 g/mol. The van der Waals surface area contributed by atoms with Crippen molar-refractivity contribution in [2.24, 2.45) is 0 Å². The molecule has 0 aliphatic carbocycles. The second-order valence-electron chi connectivity index (χ2n) is 7.11. The van der Waals surface area contributed by atoms with E-state index in [9.17, 15) is 18.4 Å². The smallest absolute Gasteiger partial charge is 0.255 e. The summed E-state index contributed by atoms with van der Waals surface area (Å²) < 4.78 is 27.2. The summed E-state index contributed by atoms with van der Waals surface area (Å²) in [5.74, 6) is -2.23. The predicted molar refractivity (Wildman–Crippen MR) is 96.0 cm³/mol. The summed E-state index contributed by atoms with van der Waals surface area (Å²) in [6.07, 6.45) is 2.32. The largest absolute Gasteiger partial charge is 0.341 e. The quantitative estimate of drug-likeness (QED) is 0.815. The van der Waals surface area contributed by atoms with Gasteiger partial charge in [0.15, 0.2) is 0 Å². The van der Waals surface area contributed by atoms with E-state index in [1.165, 1.54) is 4.90 Å². The van der Waals surface area contributed by atoms with Crippen molar-refractivity contribution in [3.05, 3.63) is 70.8 Å². The van der Waals surface area contributed by atoms with Crippen LogP contribution in [0.1, 0.15) is 34.3 Å². The van der Waals surface area contributed by atoms with Gasteiger partial charge in [0.05, 0.1) is 0 Å². The summed E-state index contributed by atoms with van der Waals surface area (Å²) in [5, 5.41) is 0. The Morgan fingerprint density at radius 2 is 1.56 bits per heavy atom. The number of carbonyl (C=O) groups is 2. The first-order valence-corrected chi connectivity index (χ1v) is 9.15. The summed E-state index contributed by atoms with van der Waals surface area (Å²) in [7, 11) is 0. The Hall–Kier alpha value is -2.76. The number of halogens is 2. The molecule has 2 aromatic carbocycles. The third-order valence-electron chi connectivity index (χ3n) is 5.32. The lowest BCUT2D eigenvalue weighted by Crippen LogP contribution is -2.53. The molecule has 1 saturated heterocycles. The molecule has 0 bridgehead atoms. The number of likely N-dealkylation sites (tertiary alicyclic amines) is 1. The fourth-order valence-corrected chi connectivity index (χ4v) is 3.95. The Morgan fingerprint density at radius 3 is 2.22 bits per heavy atom. The lowest BCUT2D eigenvalue weighted by molar-refractivity contribution is -0.135. The minimum atomic E-state index is -0.807. The molecule has 2 amide bonds. The topological polar surface area (TPSA) is 40.6 Å². The molecule has 0 radical (unpaired) electrons. The summed E-state index contributed by atoms with van der Waals surface area (Å²) >= 11 is 0. The van der Waals surface area contributed by atoms with E-state index in [1.807, 2.05) is 24.3 Å². The molecule has 27 heavy (non-hydrogen) atoms. The van der Waals surface area contributed by atoms with Crippen LogP contribution in [-0.2, 0) is 17.8 Å². The SMILES string of the molecule is O=C([C@H]1Cc2ccccc2CN1C(=O)c1cc(F)cc(F)c1)N1CCCC1. The van der Waals surface area contributed by atoms with Crippen molar-refractivity contribution in [1.29, 1.82) is 0 Å². The highest BCUT2D eigenvalue weighted by Gasteiger charge is 2.38. The van der Waals surface area contributed by atoms with Crippen molar-refractivity contribution < 1.29 is 18.4 Å². The van der Waals surface area contributed by atoms with Crippen molar-refractivity contribution in [1.82, 2.24) is 9.80 Å². The molecule has 0 unspecified atom stereocenters. The first kappa shape index (κ1) is 17.6. The molecule has 0 saturated carbocycles. The minimum Gasteiger partial charge on any atom is -0.341 e. The number of fused-ring (bicyclic) bond motifs is 1. The molecular weight excluding hydrogens is 350 g/mol. The Morgan fingerprint density at radius 1 is 0.926 bits per heavy atom. The Kier molecular flexibility index (Phi) is 4.64. The summed E-state index contributed by atoms with van der Waals surface area (Å²) in [6, 6.07) is 9.78. The van der Waals surface area contributed by atoms with Crippen LogP contribution >= 0.6 is 0 Å². The average Bonchev–Trinajstić information content (AvgIpc) is 3.20. The molecule has 1 fully saturated rings. The van der Waals surface area contributed by atoms with Gasteiger partial charge >= 0.3 is 0 Å². The molecule has 4 nitrogen and oxygen atoms in total. The van der Waals surface area contributed by atoms with Crippen LogP contribution in [0.5, 0.6) is 0 Å². The fourth-order valence-electron chi connectivity index (χ4n) is 3.95. The zero-order valence-electron chi connectivity index (χ0n) is 14.8. The van der Waals surface area contributed by atoms with E-state index in [0.29, 0.717) is 19.5 Å². The maximum Gasteiger partial charge on any atom is 0.255 e. The second-order valence-corrected chi connectivity index (χ2v) is 7.11. The number of amides is 2. The molecule has 2 aromatic rings. The lowest BCUT2D eigenvalue weighted by atomic mass is 9.92. The molecule has 4 rings (SSSR count). The Bertz CT molecular complexity index is 873. The third-order valence-corrected chi connectivity index (χ3v) is 5.32. The molecule has 0 N–H and O–H groups in total. The lowest BCUT2D eigenvalue weighted by Gasteiger charge is -2.38. The van der Waals surface area contributed by atoms with E-state index in [2.05, 4.69) is 0 Å². The number of hydrogen-bond donors (Lipinski definition) is 0. The fraction of sp³-hybridized carbons (Fsp3) is 0.333. The predicted octanol–water partition coefficient (Wildman–Crippen LogP) is 3.15. The van der Waals surface area contributed by atoms with Crippen LogP contribution in [-0.4, -0.2) is 40.7 Å². The average molecular weight is 370 g/mol.